The fourth-order valence-electron chi connectivity index (χ4n) is 5.21. The Kier molecular flexibility index (Phi) is 8.96. The van der Waals surface area contributed by atoms with Crippen LogP contribution in [0.2, 0.25) is 5.02 Å². The zero-order valence-corrected chi connectivity index (χ0v) is 23.5. The first-order valence-electron chi connectivity index (χ1n) is 12.4. The number of carboxylic acids is 1. The van der Waals surface area contributed by atoms with Gasteiger partial charge in [-0.05, 0) is 55.4 Å². The van der Waals surface area contributed by atoms with Crippen LogP contribution >= 0.6 is 27.5 Å². The summed E-state index contributed by atoms with van der Waals surface area (Å²) < 4.78 is 13.8. The zero-order valence-electron chi connectivity index (χ0n) is 21.2. The van der Waals surface area contributed by atoms with Crippen molar-refractivity contribution < 1.29 is 23.9 Å². The fraction of sp³-hybridized carbons (Fsp3) is 0.519. The molecule has 3 unspecified atom stereocenters. The molecule has 0 radical (unpaired) electrons. The minimum atomic E-state index is -0.762. The molecule has 3 atom stereocenters. The normalized spacial score (nSPS) is 23.3. The zero-order chi connectivity index (χ0) is 25.9. The lowest BCUT2D eigenvalue weighted by atomic mass is 10.1. The summed E-state index contributed by atoms with van der Waals surface area (Å²) in [6.07, 6.45) is 1.58. The highest BCUT2D eigenvalue weighted by molar-refractivity contribution is 9.10. The standard InChI is InChI=1S/C27H35BrClN3O4/c1-31(22-6-7-30-13-22)14-18-8-19(16-35-24-12-26(27(33)34)32(2,3)15-24)10-23(9-18)36-17-20-4-5-21(29)11-25(20)28/h4-5,8-11,22,24,26,30H,6-7,12-17H2,1-3H3/p+1. The highest BCUT2D eigenvalue weighted by Crippen LogP contribution is 2.28. The quantitative estimate of drug-likeness (QED) is 0.408. The molecule has 2 aromatic rings. The van der Waals surface area contributed by atoms with Crippen molar-refractivity contribution in [2.45, 2.75) is 50.8 Å². The predicted octanol–water partition coefficient (Wildman–Crippen LogP) is 4.29. The number of likely N-dealkylation sites (tertiary alicyclic amines) is 1. The third-order valence-corrected chi connectivity index (χ3v) is 8.27. The highest BCUT2D eigenvalue weighted by atomic mass is 79.9. The Bertz CT molecular complexity index is 1080. The van der Waals surface area contributed by atoms with Crippen LogP contribution in [0.3, 0.4) is 0 Å². The third kappa shape index (κ3) is 7.00. The molecule has 0 aliphatic carbocycles. The Labute approximate surface area is 227 Å². The number of likely N-dealkylation sites (N-methyl/N-ethyl adjacent to an activating group) is 2. The van der Waals surface area contributed by atoms with Crippen LogP contribution in [-0.2, 0) is 29.3 Å². The average Bonchev–Trinajstić information content (AvgIpc) is 3.45. The van der Waals surface area contributed by atoms with Crippen molar-refractivity contribution in [2.75, 3.05) is 40.8 Å². The lowest BCUT2D eigenvalue weighted by Crippen LogP contribution is -2.48. The van der Waals surface area contributed by atoms with Crippen LogP contribution in [0, 0.1) is 0 Å². The van der Waals surface area contributed by atoms with Gasteiger partial charge in [-0.3, -0.25) is 4.90 Å². The minimum Gasteiger partial charge on any atom is -0.489 e. The molecule has 0 aromatic heterocycles. The Hall–Kier alpha value is -1.68. The average molecular weight is 582 g/mol. The number of ether oxygens (including phenoxy) is 2. The topological polar surface area (TPSA) is 71.0 Å². The molecule has 0 spiro atoms. The molecule has 0 saturated carbocycles. The monoisotopic (exact) mass is 580 g/mol. The summed E-state index contributed by atoms with van der Waals surface area (Å²) in [6.45, 7) is 4.39. The van der Waals surface area contributed by atoms with Crippen LogP contribution in [0.15, 0.2) is 40.9 Å². The molecule has 2 heterocycles. The van der Waals surface area contributed by atoms with Crippen LogP contribution in [0.5, 0.6) is 5.75 Å². The van der Waals surface area contributed by atoms with E-state index < -0.39 is 12.0 Å². The van der Waals surface area contributed by atoms with Crippen LogP contribution < -0.4 is 10.1 Å². The van der Waals surface area contributed by atoms with E-state index in [1.165, 1.54) is 5.56 Å². The van der Waals surface area contributed by atoms with Crippen molar-refractivity contribution in [2.24, 2.45) is 0 Å². The van der Waals surface area contributed by atoms with Crippen LogP contribution in [-0.4, -0.2) is 79.4 Å². The van der Waals surface area contributed by atoms with E-state index in [0.717, 1.165) is 47.4 Å². The van der Waals surface area contributed by atoms with Crippen molar-refractivity contribution in [1.82, 2.24) is 10.2 Å². The maximum absolute atomic E-state index is 11.7. The molecule has 2 aliphatic heterocycles. The SMILES string of the molecule is CN(Cc1cc(COC2CC(C(=O)O)[N+](C)(C)C2)cc(OCc2ccc(Cl)cc2Br)c1)C1CCNC1. The number of nitrogens with zero attached hydrogens (tertiary/aromatic N) is 2. The number of rotatable bonds is 10. The smallest absolute Gasteiger partial charge is 0.362 e. The van der Waals surface area contributed by atoms with Gasteiger partial charge in [0.1, 0.15) is 25.0 Å². The van der Waals surface area contributed by atoms with Gasteiger partial charge in [0.05, 0.1) is 20.7 Å². The largest absolute Gasteiger partial charge is 0.489 e. The van der Waals surface area contributed by atoms with Gasteiger partial charge in [-0.25, -0.2) is 4.79 Å². The van der Waals surface area contributed by atoms with Crippen molar-refractivity contribution in [3.05, 3.63) is 62.6 Å². The van der Waals surface area contributed by atoms with Gasteiger partial charge in [0, 0.05) is 40.6 Å². The maximum atomic E-state index is 11.7. The number of carbonyl (C=O) groups is 1. The molecule has 0 bridgehead atoms. The summed E-state index contributed by atoms with van der Waals surface area (Å²) in [7, 11) is 6.07. The first-order valence-corrected chi connectivity index (χ1v) is 13.6. The van der Waals surface area contributed by atoms with Gasteiger partial charge in [0.2, 0.25) is 0 Å². The number of halogens is 2. The second kappa shape index (κ2) is 11.8. The van der Waals surface area contributed by atoms with Gasteiger partial charge in [-0.15, -0.1) is 0 Å². The Balaban J connectivity index is 1.47. The summed E-state index contributed by atoms with van der Waals surface area (Å²) >= 11 is 9.65. The van der Waals surface area contributed by atoms with Crippen molar-refractivity contribution in [3.8, 4) is 5.75 Å². The second-order valence-electron chi connectivity index (χ2n) is 10.6. The first-order chi connectivity index (χ1) is 17.1. The van der Waals surface area contributed by atoms with Crippen molar-refractivity contribution >= 4 is 33.5 Å². The lowest BCUT2D eigenvalue weighted by molar-refractivity contribution is -0.895. The number of quaternary nitrogens is 1. The molecule has 9 heteroatoms. The Morgan fingerprint density at radius 3 is 2.67 bits per heavy atom. The third-order valence-electron chi connectivity index (χ3n) is 7.30. The van der Waals surface area contributed by atoms with Crippen molar-refractivity contribution in [3.63, 3.8) is 0 Å². The molecule has 2 fully saturated rings. The summed E-state index contributed by atoms with van der Waals surface area (Å²) in [6, 6.07) is 12.1. The number of aliphatic carboxylic acids is 1. The highest BCUT2D eigenvalue weighted by Gasteiger charge is 2.46. The van der Waals surface area contributed by atoms with E-state index in [9.17, 15) is 9.90 Å². The van der Waals surface area contributed by atoms with E-state index in [2.05, 4.69) is 45.3 Å². The molecule has 0 amide bonds. The molecule has 2 aliphatic rings. The van der Waals surface area contributed by atoms with E-state index in [0.29, 0.717) is 41.7 Å². The molecular formula is C27H36BrClN3O4+. The number of hydrogen-bond acceptors (Lipinski definition) is 5. The molecular weight excluding hydrogens is 546 g/mol. The van der Waals surface area contributed by atoms with E-state index in [4.69, 9.17) is 21.1 Å². The van der Waals surface area contributed by atoms with Gasteiger partial charge in [-0.1, -0.05) is 39.7 Å². The number of carboxylic acid groups (broad SMARTS) is 1. The number of hydrogen-bond donors (Lipinski definition) is 2. The van der Waals surface area contributed by atoms with Gasteiger partial charge in [0.25, 0.3) is 0 Å². The maximum Gasteiger partial charge on any atom is 0.362 e. The minimum absolute atomic E-state index is 0.0913. The summed E-state index contributed by atoms with van der Waals surface area (Å²) in [5.41, 5.74) is 3.21. The molecule has 2 saturated heterocycles. The molecule has 2 N–H and O–H groups in total. The van der Waals surface area contributed by atoms with E-state index in [1.807, 2.05) is 38.4 Å². The predicted molar refractivity (Wildman–Crippen MR) is 144 cm³/mol. The van der Waals surface area contributed by atoms with E-state index >= 15 is 0 Å². The second-order valence-corrected chi connectivity index (χ2v) is 11.8. The van der Waals surface area contributed by atoms with Crippen LogP contribution in [0.4, 0.5) is 0 Å². The van der Waals surface area contributed by atoms with Gasteiger partial charge in [-0.2, -0.15) is 0 Å². The Morgan fingerprint density at radius 1 is 1.22 bits per heavy atom. The van der Waals surface area contributed by atoms with Gasteiger partial charge >= 0.3 is 5.97 Å². The van der Waals surface area contributed by atoms with Crippen LogP contribution in [0.25, 0.3) is 0 Å². The first kappa shape index (κ1) is 27.4. The van der Waals surface area contributed by atoms with Crippen LogP contribution in [0.1, 0.15) is 29.5 Å². The molecule has 7 nitrogen and oxygen atoms in total. The van der Waals surface area contributed by atoms with Gasteiger partial charge in [0.15, 0.2) is 6.04 Å². The summed E-state index contributed by atoms with van der Waals surface area (Å²) in [5.74, 6) is 0.0263. The summed E-state index contributed by atoms with van der Waals surface area (Å²) in [5, 5.41) is 13.7. The summed E-state index contributed by atoms with van der Waals surface area (Å²) in [4.78, 5) is 14.0. The molecule has 4 rings (SSSR count). The van der Waals surface area contributed by atoms with Gasteiger partial charge < -0.3 is 24.4 Å². The van der Waals surface area contributed by atoms with Crippen molar-refractivity contribution in [1.29, 1.82) is 0 Å². The molecule has 36 heavy (non-hydrogen) atoms. The molecule has 2 aromatic carbocycles. The molecule has 196 valence electrons. The lowest BCUT2D eigenvalue weighted by Gasteiger charge is -2.28. The fourth-order valence-corrected chi connectivity index (χ4v) is 6.01. The van der Waals surface area contributed by atoms with E-state index in [-0.39, 0.29) is 6.10 Å². The number of benzene rings is 2. The Morgan fingerprint density at radius 2 is 2.00 bits per heavy atom. The van der Waals surface area contributed by atoms with E-state index in [1.54, 1.807) is 0 Å². The number of nitrogens with one attached hydrogen (secondary N) is 1.